The Morgan fingerprint density at radius 3 is 2.82 bits per heavy atom. The van der Waals surface area contributed by atoms with Crippen molar-refractivity contribution in [1.29, 1.82) is 0 Å². The van der Waals surface area contributed by atoms with E-state index in [4.69, 9.17) is 5.73 Å². The predicted octanol–water partition coefficient (Wildman–Crippen LogP) is 2.62. The Morgan fingerprint density at radius 1 is 1.47 bits per heavy atom. The average Bonchev–Trinajstić information content (AvgIpc) is 2.26. The van der Waals surface area contributed by atoms with Gasteiger partial charge >= 0.3 is 0 Å². The summed E-state index contributed by atoms with van der Waals surface area (Å²) in [6.45, 7) is 6.32. The number of aryl methyl sites for hydroxylation is 1. The Balaban J connectivity index is 2.50. The fraction of sp³-hybridized carbons (Fsp3) is 0.643. The molecular formula is C14H22N2O. The van der Waals surface area contributed by atoms with Crippen molar-refractivity contribution in [3.63, 3.8) is 0 Å². The fourth-order valence-electron chi connectivity index (χ4n) is 3.14. The molecule has 94 valence electrons. The van der Waals surface area contributed by atoms with Crippen LogP contribution in [0.1, 0.15) is 44.2 Å². The topological polar surface area (TPSA) is 59.1 Å². The number of anilines is 1. The van der Waals surface area contributed by atoms with Crippen LogP contribution >= 0.6 is 0 Å². The maximum atomic E-state index is 11.0. The van der Waals surface area contributed by atoms with E-state index in [1.54, 1.807) is 6.20 Å². The van der Waals surface area contributed by atoms with Crippen LogP contribution in [0.15, 0.2) is 12.3 Å². The first-order chi connectivity index (χ1) is 7.97. The molecule has 0 radical (unpaired) electrons. The van der Waals surface area contributed by atoms with Gasteiger partial charge in [-0.3, -0.25) is 0 Å². The van der Waals surface area contributed by atoms with Crippen LogP contribution in [-0.2, 0) is 5.60 Å². The molecule has 1 aliphatic carbocycles. The summed E-state index contributed by atoms with van der Waals surface area (Å²) in [6.07, 6.45) is 4.72. The van der Waals surface area contributed by atoms with Gasteiger partial charge in [0.2, 0.25) is 0 Å². The largest absolute Gasteiger partial charge is 0.385 e. The summed E-state index contributed by atoms with van der Waals surface area (Å²) in [6, 6.07) is 1.93. The van der Waals surface area contributed by atoms with Gasteiger partial charge < -0.3 is 10.8 Å². The monoisotopic (exact) mass is 234 g/mol. The standard InChI is InChI=1S/C14H22N2O/c1-9-5-4-7-14(17,11(9)3)12-10(2)6-8-16-13(12)15/h6,8-9,11,17H,4-5,7H2,1-3H3,(H2,15,16). The highest BCUT2D eigenvalue weighted by molar-refractivity contribution is 5.48. The molecule has 0 aliphatic heterocycles. The van der Waals surface area contributed by atoms with Crippen LogP contribution in [0, 0.1) is 18.8 Å². The quantitative estimate of drug-likeness (QED) is 0.785. The van der Waals surface area contributed by atoms with Crippen molar-refractivity contribution >= 4 is 5.82 Å². The molecule has 1 saturated carbocycles. The number of hydrogen-bond acceptors (Lipinski definition) is 3. The SMILES string of the molecule is Cc1ccnc(N)c1C1(O)CCCC(C)C1C. The molecule has 1 aromatic heterocycles. The highest BCUT2D eigenvalue weighted by Crippen LogP contribution is 2.46. The lowest BCUT2D eigenvalue weighted by atomic mass is 9.67. The van der Waals surface area contributed by atoms with Crippen LogP contribution in [0.5, 0.6) is 0 Å². The number of nitrogen functional groups attached to an aromatic ring is 1. The molecule has 3 N–H and O–H groups in total. The van der Waals surface area contributed by atoms with Crippen molar-refractivity contribution in [3.8, 4) is 0 Å². The van der Waals surface area contributed by atoms with Crippen LogP contribution in [-0.4, -0.2) is 10.1 Å². The van der Waals surface area contributed by atoms with Crippen LogP contribution in [0.25, 0.3) is 0 Å². The number of pyridine rings is 1. The number of aliphatic hydroxyl groups is 1. The number of nitrogens with zero attached hydrogens (tertiary/aromatic N) is 1. The third-order valence-electron chi connectivity index (χ3n) is 4.45. The molecule has 0 saturated heterocycles. The minimum absolute atomic E-state index is 0.224. The lowest BCUT2D eigenvalue weighted by Gasteiger charge is -2.43. The lowest BCUT2D eigenvalue weighted by Crippen LogP contribution is -2.41. The third-order valence-corrected chi connectivity index (χ3v) is 4.45. The molecular weight excluding hydrogens is 212 g/mol. The first-order valence-corrected chi connectivity index (χ1v) is 6.40. The van der Waals surface area contributed by atoms with Crippen molar-refractivity contribution < 1.29 is 5.11 Å². The average molecular weight is 234 g/mol. The van der Waals surface area contributed by atoms with E-state index in [0.29, 0.717) is 11.7 Å². The van der Waals surface area contributed by atoms with Gasteiger partial charge in [0.25, 0.3) is 0 Å². The molecule has 1 heterocycles. The Kier molecular flexibility index (Phi) is 3.13. The molecule has 0 aromatic carbocycles. The maximum absolute atomic E-state index is 11.0. The van der Waals surface area contributed by atoms with Gasteiger partial charge in [-0.15, -0.1) is 0 Å². The van der Waals surface area contributed by atoms with E-state index in [1.165, 1.54) is 6.42 Å². The van der Waals surface area contributed by atoms with E-state index < -0.39 is 5.60 Å². The number of hydrogen-bond donors (Lipinski definition) is 2. The summed E-state index contributed by atoms with van der Waals surface area (Å²) in [4.78, 5) is 4.14. The van der Waals surface area contributed by atoms with E-state index in [0.717, 1.165) is 24.0 Å². The van der Waals surface area contributed by atoms with Crippen molar-refractivity contribution in [2.45, 2.75) is 45.6 Å². The molecule has 0 amide bonds. The van der Waals surface area contributed by atoms with Gasteiger partial charge in [-0.1, -0.05) is 20.3 Å². The zero-order valence-corrected chi connectivity index (χ0v) is 10.9. The minimum atomic E-state index is -0.805. The summed E-state index contributed by atoms with van der Waals surface area (Å²) in [5, 5.41) is 11.0. The van der Waals surface area contributed by atoms with Gasteiger partial charge in [-0.05, 0) is 43.2 Å². The van der Waals surface area contributed by atoms with Crippen LogP contribution < -0.4 is 5.73 Å². The van der Waals surface area contributed by atoms with Crippen LogP contribution in [0.2, 0.25) is 0 Å². The normalized spacial score (nSPS) is 33.6. The Hall–Kier alpha value is -1.09. The second kappa shape index (κ2) is 4.30. The van der Waals surface area contributed by atoms with E-state index in [2.05, 4.69) is 18.8 Å². The number of aromatic nitrogens is 1. The van der Waals surface area contributed by atoms with Crippen LogP contribution in [0.3, 0.4) is 0 Å². The third kappa shape index (κ3) is 1.93. The summed E-state index contributed by atoms with van der Waals surface area (Å²) in [7, 11) is 0. The highest BCUT2D eigenvalue weighted by atomic mass is 16.3. The molecule has 1 aromatic rings. The summed E-state index contributed by atoms with van der Waals surface area (Å²) < 4.78 is 0. The van der Waals surface area contributed by atoms with Gasteiger partial charge in [-0.25, -0.2) is 4.98 Å². The summed E-state index contributed by atoms with van der Waals surface area (Å²) >= 11 is 0. The summed E-state index contributed by atoms with van der Waals surface area (Å²) in [5.41, 5.74) is 7.06. The van der Waals surface area contributed by atoms with Gasteiger partial charge in [0, 0.05) is 11.8 Å². The molecule has 2 rings (SSSR count). The maximum Gasteiger partial charge on any atom is 0.129 e. The van der Waals surface area contributed by atoms with E-state index in [-0.39, 0.29) is 5.92 Å². The first-order valence-electron chi connectivity index (χ1n) is 6.40. The second-order valence-electron chi connectivity index (χ2n) is 5.47. The van der Waals surface area contributed by atoms with E-state index >= 15 is 0 Å². The molecule has 0 spiro atoms. The Morgan fingerprint density at radius 2 is 2.18 bits per heavy atom. The summed E-state index contributed by atoms with van der Waals surface area (Å²) in [5.74, 6) is 1.22. The van der Waals surface area contributed by atoms with E-state index in [1.807, 2.05) is 13.0 Å². The van der Waals surface area contributed by atoms with Gasteiger partial charge in [-0.2, -0.15) is 0 Å². The smallest absolute Gasteiger partial charge is 0.129 e. The predicted molar refractivity (Wildman–Crippen MR) is 69.5 cm³/mol. The molecule has 3 heteroatoms. The van der Waals surface area contributed by atoms with Gasteiger partial charge in [0.15, 0.2) is 0 Å². The molecule has 3 atom stereocenters. The molecule has 3 nitrogen and oxygen atoms in total. The van der Waals surface area contributed by atoms with Gasteiger partial charge in [0.1, 0.15) is 5.82 Å². The Labute approximate surface area is 103 Å². The minimum Gasteiger partial charge on any atom is -0.385 e. The number of nitrogens with two attached hydrogens (primary N) is 1. The fourth-order valence-corrected chi connectivity index (χ4v) is 3.14. The van der Waals surface area contributed by atoms with Gasteiger partial charge in [0.05, 0.1) is 5.60 Å². The molecule has 3 unspecified atom stereocenters. The number of rotatable bonds is 1. The van der Waals surface area contributed by atoms with E-state index in [9.17, 15) is 5.11 Å². The van der Waals surface area contributed by atoms with Crippen molar-refractivity contribution in [3.05, 3.63) is 23.4 Å². The highest BCUT2D eigenvalue weighted by Gasteiger charge is 2.43. The van der Waals surface area contributed by atoms with Crippen molar-refractivity contribution in [2.24, 2.45) is 11.8 Å². The lowest BCUT2D eigenvalue weighted by molar-refractivity contribution is -0.0688. The first kappa shape index (κ1) is 12.4. The zero-order chi connectivity index (χ0) is 12.6. The molecule has 1 aliphatic rings. The Bertz CT molecular complexity index is 398. The molecule has 17 heavy (non-hydrogen) atoms. The second-order valence-corrected chi connectivity index (χ2v) is 5.47. The van der Waals surface area contributed by atoms with Crippen molar-refractivity contribution in [1.82, 2.24) is 4.98 Å². The zero-order valence-electron chi connectivity index (χ0n) is 10.9. The van der Waals surface area contributed by atoms with Crippen molar-refractivity contribution in [2.75, 3.05) is 5.73 Å². The molecule has 0 bridgehead atoms. The molecule has 1 fully saturated rings. The van der Waals surface area contributed by atoms with Crippen LogP contribution in [0.4, 0.5) is 5.82 Å².